The van der Waals surface area contributed by atoms with Gasteiger partial charge in [0.15, 0.2) is 12.4 Å². The maximum atomic E-state index is 12.1. The summed E-state index contributed by atoms with van der Waals surface area (Å²) in [5, 5.41) is 10.4. The summed E-state index contributed by atoms with van der Waals surface area (Å²) >= 11 is 0. The molecule has 0 saturated carbocycles. The molecule has 1 fully saturated rings. The number of carbonyl (C=O) groups excluding carboxylic acids is 1. The third-order valence-corrected chi connectivity index (χ3v) is 5.68. The molecular weight excluding hydrogens is 406 g/mol. The number of ether oxygens (including phenoxy) is 4. The lowest BCUT2D eigenvalue weighted by atomic mass is 9.88. The van der Waals surface area contributed by atoms with E-state index in [1.165, 1.54) is 0 Å². The van der Waals surface area contributed by atoms with E-state index in [1.807, 2.05) is 53.6 Å². The molecule has 9 nitrogen and oxygen atoms in total. The van der Waals surface area contributed by atoms with Gasteiger partial charge >= 0.3 is 5.97 Å². The normalized spacial score (nSPS) is 30.6. The Labute approximate surface area is 187 Å². The van der Waals surface area contributed by atoms with E-state index in [2.05, 4.69) is 0 Å². The monoisotopic (exact) mass is 449 g/mol. The number of likely N-dealkylation sites (N-methyl/N-ethyl adjacent to an activating group) is 1. The van der Waals surface area contributed by atoms with Crippen LogP contribution in [0.25, 0.3) is 0 Å². The van der Waals surface area contributed by atoms with Crippen LogP contribution in [0.1, 0.15) is 60.8 Å². The first kappa shape index (κ1) is 28.2. The molecule has 0 aromatic heterocycles. The average Bonchev–Trinajstić information content (AvgIpc) is 2.68. The molecule has 0 aromatic rings. The van der Waals surface area contributed by atoms with E-state index in [0.29, 0.717) is 25.9 Å². The van der Waals surface area contributed by atoms with Crippen LogP contribution in [-0.4, -0.2) is 92.2 Å². The van der Waals surface area contributed by atoms with Crippen LogP contribution < -0.4 is 0 Å². The standard InChI is InChI=1S/C22H43NO8/c1-10-12-17(25)29-21-16(5)28-18(13-22(21,6)26-9)30-20(15(4)31-27-11-2)19(14(3)24)23(7)8/h14-16,18-21,24H,10-13H2,1-9H3. The highest BCUT2D eigenvalue weighted by atomic mass is 17.2. The van der Waals surface area contributed by atoms with Gasteiger partial charge in [0.1, 0.15) is 17.8 Å². The highest BCUT2D eigenvalue weighted by molar-refractivity contribution is 5.69. The van der Waals surface area contributed by atoms with Crippen LogP contribution in [0, 0.1) is 0 Å². The Morgan fingerprint density at radius 2 is 1.94 bits per heavy atom. The summed E-state index contributed by atoms with van der Waals surface area (Å²) in [7, 11) is 5.33. The first-order valence-electron chi connectivity index (χ1n) is 11.2. The van der Waals surface area contributed by atoms with Gasteiger partial charge in [-0.1, -0.05) is 6.92 Å². The van der Waals surface area contributed by atoms with E-state index >= 15 is 0 Å². The average molecular weight is 450 g/mol. The summed E-state index contributed by atoms with van der Waals surface area (Å²) in [6.45, 7) is 11.4. The number of hydrogen-bond donors (Lipinski definition) is 1. The van der Waals surface area contributed by atoms with Crippen molar-refractivity contribution in [2.75, 3.05) is 27.8 Å². The molecule has 1 N–H and O–H groups in total. The van der Waals surface area contributed by atoms with Crippen LogP contribution in [0.5, 0.6) is 0 Å². The second-order valence-corrected chi connectivity index (χ2v) is 8.66. The van der Waals surface area contributed by atoms with Gasteiger partial charge in [-0.25, -0.2) is 9.78 Å². The smallest absolute Gasteiger partial charge is 0.306 e. The Hall–Kier alpha value is -0.810. The minimum atomic E-state index is -0.793. The molecule has 0 bridgehead atoms. The van der Waals surface area contributed by atoms with E-state index in [1.54, 1.807) is 14.0 Å². The molecular formula is C22H43NO8. The van der Waals surface area contributed by atoms with Gasteiger partial charge < -0.3 is 29.0 Å². The van der Waals surface area contributed by atoms with Crippen molar-refractivity contribution in [2.45, 2.75) is 109 Å². The molecule has 0 aromatic carbocycles. The van der Waals surface area contributed by atoms with Gasteiger partial charge in [0.2, 0.25) is 0 Å². The van der Waals surface area contributed by atoms with E-state index in [-0.39, 0.29) is 12.0 Å². The molecule has 0 radical (unpaired) electrons. The van der Waals surface area contributed by atoms with Gasteiger partial charge in [-0.2, -0.15) is 0 Å². The molecule has 1 saturated heterocycles. The summed E-state index contributed by atoms with van der Waals surface area (Å²) in [6, 6.07) is -0.372. The minimum absolute atomic E-state index is 0.274. The summed E-state index contributed by atoms with van der Waals surface area (Å²) in [5.41, 5.74) is -0.793. The Bertz CT molecular complexity index is 524. The predicted molar refractivity (Wildman–Crippen MR) is 115 cm³/mol. The number of aliphatic hydroxyl groups is 1. The number of nitrogens with zero attached hydrogens (tertiary/aromatic N) is 1. The number of rotatable bonds is 13. The third kappa shape index (κ3) is 7.92. The second-order valence-electron chi connectivity index (χ2n) is 8.66. The van der Waals surface area contributed by atoms with E-state index in [4.69, 9.17) is 28.7 Å². The molecule has 31 heavy (non-hydrogen) atoms. The fraction of sp³-hybridized carbons (Fsp3) is 0.955. The fourth-order valence-corrected chi connectivity index (χ4v) is 4.08. The van der Waals surface area contributed by atoms with Crippen molar-refractivity contribution < 1.29 is 38.6 Å². The Kier molecular flexibility index (Phi) is 11.9. The third-order valence-electron chi connectivity index (χ3n) is 5.68. The van der Waals surface area contributed by atoms with Crippen molar-refractivity contribution >= 4 is 5.97 Å². The Morgan fingerprint density at radius 3 is 2.42 bits per heavy atom. The molecule has 1 heterocycles. The first-order valence-corrected chi connectivity index (χ1v) is 11.2. The molecule has 1 aliphatic heterocycles. The van der Waals surface area contributed by atoms with E-state index in [9.17, 15) is 9.90 Å². The lowest BCUT2D eigenvalue weighted by Crippen LogP contribution is -2.60. The molecule has 9 heteroatoms. The van der Waals surface area contributed by atoms with Crippen LogP contribution in [0.3, 0.4) is 0 Å². The largest absolute Gasteiger partial charge is 0.457 e. The zero-order valence-electron chi connectivity index (χ0n) is 20.6. The van der Waals surface area contributed by atoms with Crippen molar-refractivity contribution in [3.05, 3.63) is 0 Å². The SMILES string of the molecule is CCCC(=O)OC1C(C)OC(OC(C(C)OOCC)C(C(C)O)N(C)C)CC1(C)OC. The first-order chi connectivity index (χ1) is 14.5. The zero-order valence-corrected chi connectivity index (χ0v) is 20.6. The molecule has 0 aliphatic carbocycles. The van der Waals surface area contributed by atoms with Crippen molar-refractivity contribution in [1.82, 2.24) is 4.90 Å². The van der Waals surface area contributed by atoms with Gasteiger partial charge in [-0.3, -0.25) is 4.79 Å². The highest BCUT2D eigenvalue weighted by Crippen LogP contribution is 2.36. The molecule has 8 atom stereocenters. The Balaban J connectivity index is 3.06. The molecule has 184 valence electrons. The molecule has 1 aliphatic rings. The minimum Gasteiger partial charge on any atom is -0.457 e. The number of esters is 1. The van der Waals surface area contributed by atoms with Crippen LogP contribution >= 0.6 is 0 Å². The van der Waals surface area contributed by atoms with Crippen LogP contribution in [-0.2, 0) is 33.5 Å². The lowest BCUT2D eigenvalue weighted by molar-refractivity contribution is -0.358. The van der Waals surface area contributed by atoms with Gasteiger partial charge in [-0.05, 0) is 55.1 Å². The van der Waals surface area contributed by atoms with Crippen molar-refractivity contribution in [1.29, 1.82) is 0 Å². The summed E-state index contributed by atoms with van der Waals surface area (Å²) in [6.07, 6.45) is -1.99. The summed E-state index contributed by atoms with van der Waals surface area (Å²) in [4.78, 5) is 24.6. The Morgan fingerprint density at radius 1 is 1.29 bits per heavy atom. The number of methoxy groups -OCH3 is 1. The molecule has 1 rings (SSSR count). The maximum Gasteiger partial charge on any atom is 0.306 e. The zero-order chi connectivity index (χ0) is 23.8. The van der Waals surface area contributed by atoms with Gasteiger partial charge in [-0.15, -0.1) is 0 Å². The van der Waals surface area contributed by atoms with Crippen LogP contribution in [0.2, 0.25) is 0 Å². The summed E-state index contributed by atoms with van der Waals surface area (Å²) in [5.74, 6) is -0.274. The van der Waals surface area contributed by atoms with Crippen molar-refractivity contribution in [2.24, 2.45) is 0 Å². The van der Waals surface area contributed by atoms with Gasteiger partial charge in [0, 0.05) is 20.0 Å². The van der Waals surface area contributed by atoms with Crippen LogP contribution in [0.4, 0.5) is 0 Å². The molecule has 0 spiro atoms. The predicted octanol–water partition coefficient (Wildman–Crippen LogP) is 2.29. The fourth-order valence-electron chi connectivity index (χ4n) is 4.08. The molecule has 0 amide bonds. The maximum absolute atomic E-state index is 12.1. The number of hydrogen-bond acceptors (Lipinski definition) is 9. The number of aliphatic hydroxyl groups excluding tert-OH is 1. The highest BCUT2D eigenvalue weighted by Gasteiger charge is 2.50. The molecule has 8 unspecified atom stereocenters. The van der Waals surface area contributed by atoms with E-state index in [0.717, 1.165) is 0 Å². The van der Waals surface area contributed by atoms with E-state index < -0.39 is 42.4 Å². The summed E-state index contributed by atoms with van der Waals surface area (Å²) < 4.78 is 23.9. The van der Waals surface area contributed by atoms with Gasteiger partial charge in [0.25, 0.3) is 0 Å². The van der Waals surface area contributed by atoms with Crippen molar-refractivity contribution in [3.8, 4) is 0 Å². The second kappa shape index (κ2) is 13.0. The van der Waals surface area contributed by atoms with Gasteiger partial charge in [0.05, 0.1) is 24.9 Å². The number of carbonyl (C=O) groups is 1. The topological polar surface area (TPSA) is 95.9 Å². The quantitative estimate of drug-likeness (QED) is 0.258. The lowest BCUT2D eigenvalue weighted by Gasteiger charge is -2.47. The van der Waals surface area contributed by atoms with Crippen LogP contribution in [0.15, 0.2) is 0 Å². The van der Waals surface area contributed by atoms with Crippen molar-refractivity contribution in [3.63, 3.8) is 0 Å².